The number of nitrogens with zero attached hydrogens (tertiary/aromatic N) is 3. The number of aliphatic hydroxyl groups is 1. The number of hydrogen-bond donors (Lipinski definition) is 2. The Labute approximate surface area is 129 Å². The molecule has 0 saturated carbocycles. The number of nitro groups is 1. The van der Waals surface area contributed by atoms with Crippen LogP contribution in [0, 0.1) is 10.1 Å². The van der Waals surface area contributed by atoms with E-state index in [1.54, 1.807) is 12.1 Å². The molecule has 22 heavy (non-hydrogen) atoms. The summed E-state index contributed by atoms with van der Waals surface area (Å²) >= 11 is 0. The van der Waals surface area contributed by atoms with Crippen LogP contribution in [-0.2, 0) is 6.54 Å². The van der Waals surface area contributed by atoms with Crippen molar-refractivity contribution in [3.63, 3.8) is 0 Å². The molecule has 1 aliphatic heterocycles. The zero-order valence-corrected chi connectivity index (χ0v) is 12.7. The van der Waals surface area contributed by atoms with Crippen LogP contribution >= 0.6 is 0 Å². The molecule has 1 fully saturated rings. The highest BCUT2D eigenvalue weighted by Gasteiger charge is 2.19. The third kappa shape index (κ3) is 4.42. The van der Waals surface area contributed by atoms with Gasteiger partial charge >= 0.3 is 0 Å². The quantitative estimate of drug-likeness (QED) is 0.381. The van der Waals surface area contributed by atoms with E-state index in [1.165, 1.54) is 12.1 Å². The monoisotopic (exact) mass is 306 g/mol. The van der Waals surface area contributed by atoms with Crippen molar-refractivity contribution in [1.29, 1.82) is 0 Å². The van der Waals surface area contributed by atoms with Gasteiger partial charge < -0.3 is 15.3 Å². The first-order valence-corrected chi connectivity index (χ1v) is 7.54. The lowest BCUT2D eigenvalue weighted by atomic mass is 10.1. The van der Waals surface area contributed by atoms with Crippen LogP contribution in [0.2, 0.25) is 0 Å². The Morgan fingerprint density at radius 1 is 1.41 bits per heavy atom. The van der Waals surface area contributed by atoms with Gasteiger partial charge in [-0.05, 0) is 25.3 Å². The van der Waals surface area contributed by atoms with Gasteiger partial charge in [-0.15, -0.1) is 0 Å². The van der Waals surface area contributed by atoms with Gasteiger partial charge in [-0.2, -0.15) is 0 Å². The van der Waals surface area contributed by atoms with Crippen LogP contribution in [0.25, 0.3) is 0 Å². The van der Waals surface area contributed by atoms with Crippen LogP contribution in [0.5, 0.6) is 0 Å². The fourth-order valence-electron chi connectivity index (χ4n) is 2.39. The number of nitrogens with one attached hydrogen (secondary N) is 1. The summed E-state index contributed by atoms with van der Waals surface area (Å²) in [6.45, 7) is 4.83. The van der Waals surface area contributed by atoms with E-state index >= 15 is 0 Å². The van der Waals surface area contributed by atoms with Crippen molar-refractivity contribution in [2.45, 2.75) is 32.4 Å². The lowest BCUT2D eigenvalue weighted by Crippen LogP contribution is -2.46. The average molecular weight is 306 g/mol. The summed E-state index contributed by atoms with van der Waals surface area (Å²) in [6.07, 6.45) is 1.29. The van der Waals surface area contributed by atoms with E-state index < -0.39 is 4.92 Å². The lowest BCUT2D eigenvalue weighted by molar-refractivity contribution is -0.384. The van der Waals surface area contributed by atoms with Gasteiger partial charge in [-0.1, -0.05) is 12.1 Å². The molecule has 2 rings (SSSR count). The van der Waals surface area contributed by atoms with Crippen LogP contribution in [0.1, 0.15) is 25.3 Å². The molecule has 0 spiro atoms. The number of non-ortho nitro benzene ring substituents is 1. The first-order chi connectivity index (χ1) is 10.6. The summed E-state index contributed by atoms with van der Waals surface area (Å²) in [7, 11) is 0. The second-order valence-electron chi connectivity index (χ2n) is 5.31. The maximum Gasteiger partial charge on any atom is 0.269 e. The number of aliphatic imine (C=N–C) groups is 1. The van der Waals surface area contributed by atoms with Gasteiger partial charge in [0.1, 0.15) is 0 Å². The number of guanidine groups is 1. The van der Waals surface area contributed by atoms with Crippen molar-refractivity contribution < 1.29 is 10.0 Å². The second-order valence-corrected chi connectivity index (χ2v) is 5.31. The Hall–Kier alpha value is -2.15. The first kappa shape index (κ1) is 16.2. The van der Waals surface area contributed by atoms with Crippen molar-refractivity contribution in [2.24, 2.45) is 4.99 Å². The molecule has 0 amide bonds. The fraction of sp³-hybridized carbons (Fsp3) is 0.533. The van der Waals surface area contributed by atoms with Crippen LogP contribution in [0.15, 0.2) is 29.3 Å². The summed E-state index contributed by atoms with van der Waals surface area (Å²) < 4.78 is 0. The largest absolute Gasteiger partial charge is 0.393 e. The number of aliphatic hydroxyl groups excluding tert-OH is 1. The molecule has 0 atom stereocenters. The third-order valence-corrected chi connectivity index (χ3v) is 3.66. The van der Waals surface area contributed by atoms with Crippen molar-refractivity contribution >= 4 is 11.6 Å². The molecule has 7 nitrogen and oxygen atoms in total. The molecular weight excluding hydrogens is 284 g/mol. The molecule has 1 saturated heterocycles. The van der Waals surface area contributed by atoms with Gasteiger partial charge in [0.25, 0.3) is 5.69 Å². The minimum Gasteiger partial charge on any atom is -0.393 e. The van der Waals surface area contributed by atoms with Gasteiger partial charge in [-0.25, -0.2) is 4.99 Å². The van der Waals surface area contributed by atoms with Crippen LogP contribution in [-0.4, -0.2) is 46.6 Å². The Balaban J connectivity index is 2.01. The molecule has 1 aliphatic rings. The zero-order valence-electron chi connectivity index (χ0n) is 12.7. The number of hydrogen-bond acceptors (Lipinski definition) is 4. The van der Waals surface area contributed by atoms with Crippen LogP contribution in [0.4, 0.5) is 5.69 Å². The number of rotatable bonds is 4. The number of nitro benzene ring substituents is 1. The number of likely N-dealkylation sites (tertiary alicyclic amines) is 1. The standard InChI is InChI=1S/C15H22N4O3/c1-2-16-15(18-9-7-14(20)8-10-18)17-11-12-3-5-13(6-4-12)19(21)22/h3-6,14,20H,2,7-11H2,1H3,(H,16,17). The van der Waals surface area contributed by atoms with Crippen molar-refractivity contribution in [1.82, 2.24) is 10.2 Å². The SMILES string of the molecule is CCNC(=NCc1ccc([N+](=O)[O-])cc1)N1CCC(O)CC1. The highest BCUT2D eigenvalue weighted by Crippen LogP contribution is 2.14. The molecule has 1 aromatic carbocycles. The fourth-order valence-corrected chi connectivity index (χ4v) is 2.39. The van der Waals surface area contributed by atoms with Gasteiger partial charge in [0.2, 0.25) is 0 Å². The lowest BCUT2D eigenvalue weighted by Gasteiger charge is -2.32. The second kappa shape index (κ2) is 7.74. The van der Waals surface area contributed by atoms with Gasteiger partial charge in [0.05, 0.1) is 17.6 Å². The smallest absolute Gasteiger partial charge is 0.269 e. The predicted molar refractivity (Wildman–Crippen MR) is 84.7 cm³/mol. The van der Waals surface area contributed by atoms with Crippen molar-refractivity contribution in [2.75, 3.05) is 19.6 Å². The molecule has 120 valence electrons. The zero-order chi connectivity index (χ0) is 15.9. The molecule has 0 bridgehead atoms. The maximum atomic E-state index is 10.6. The topological polar surface area (TPSA) is 91.0 Å². The molecule has 0 unspecified atom stereocenters. The first-order valence-electron chi connectivity index (χ1n) is 7.54. The molecular formula is C15H22N4O3. The average Bonchev–Trinajstić information content (AvgIpc) is 2.53. The van der Waals surface area contributed by atoms with Crippen molar-refractivity contribution in [3.05, 3.63) is 39.9 Å². The summed E-state index contributed by atoms with van der Waals surface area (Å²) in [4.78, 5) is 17.0. The Morgan fingerprint density at radius 2 is 2.05 bits per heavy atom. The molecule has 0 aromatic heterocycles. The van der Waals surface area contributed by atoms with Gasteiger partial charge in [-0.3, -0.25) is 10.1 Å². The Morgan fingerprint density at radius 3 is 2.59 bits per heavy atom. The predicted octanol–water partition coefficient (Wildman–Crippen LogP) is 1.52. The number of piperidine rings is 1. The van der Waals surface area contributed by atoms with E-state index in [0.717, 1.165) is 44.0 Å². The minimum atomic E-state index is -0.407. The molecule has 1 aromatic rings. The highest BCUT2D eigenvalue weighted by molar-refractivity contribution is 5.80. The van der Waals surface area contributed by atoms with Gasteiger partial charge in [0.15, 0.2) is 5.96 Å². The molecule has 0 aliphatic carbocycles. The third-order valence-electron chi connectivity index (χ3n) is 3.66. The minimum absolute atomic E-state index is 0.0876. The summed E-state index contributed by atoms with van der Waals surface area (Å²) in [5.41, 5.74) is 1.02. The molecule has 1 heterocycles. The van der Waals surface area contributed by atoms with Crippen molar-refractivity contribution in [3.8, 4) is 0 Å². The molecule has 0 radical (unpaired) electrons. The Kier molecular flexibility index (Phi) is 5.71. The van der Waals surface area contributed by atoms with E-state index in [2.05, 4.69) is 15.2 Å². The molecule has 7 heteroatoms. The van der Waals surface area contributed by atoms with E-state index in [-0.39, 0.29) is 11.8 Å². The Bertz CT molecular complexity index is 522. The number of benzene rings is 1. The van der Waals surface area contributed by atoms with Gasteiger partial charge in [0, 0.05) is 31.8 Å². The summed E-state index contributed by atoms with van der Waals surface area (Å²) in [5, 5.41) is 23.5. The maximum absolute atomic E-state index is 10.6. The van der Waals surface area contributed by atoms with E-state index in [9.17, 15) is 15.2 Å². The van der Waals surface area contributed by atoms with Crippen LogP contribution < -0.4 is 5.32 Å². The molecule has 2 N–H and O–H groups in total. The van der Waals surface area contributed by atoms with E-state index in [1.807, 2.05) is 6.92 Å². The summed E-state index contributed by atoms with van der Waals surface area (Å²) in [5.74, 6) is 0.827. The van der Waals surface area contributed by atoms with Crippen LogP contribution in [0.3, 0.4) is 0 Å². The van der Waals surface area contributed by atoms with E-state index in [4.69, 9.17) is 0 Å². The van der Waals surface area contributed by atoms with E-state index in [0.29, 0.717) is 6.54 Å². The normalized spacial score (nSPS) is 16.6. The highest BCUT2D eigenvalue weighted by atomic mass is 16.6. The summed E-state index contributed by atoms with van der Waals surface area (Å²) in [6, 6.07) is 6.44.